The Balaban J connectivity index is 1.56. The quantitative estimate of drug-likeness (QED) is 0.560. The molecule has 4 aromatic rings. The topological polar surface area (TPSA) is 77.8 Å². The molecular weight excluding hydrogens is 312 g/mol. The van der Waals surface area contributed by atoms with Crippen LogP contribution in [0.1, 0.15) is 10.0 Å². The van der Waals surface area contributed by atoms with E-state index in [4.69, 9.17) is 11.5 Å². The van der Waals surface area contributed by atoms with Crippen molar-refractivity contribution in [3.8, 4) is 0 Å². The summed E-state index contributed by atoms with van der Waals surface area (Å²) in [6, 6.07) is 11.7. The van der Waals surface area contributed by atoms with E-state index in [1.807, 2.05) is 36.4 Å². The van der Waals surface area contributed by atoms with Gasteiger partial charge < -0.3 is 11.5 Å². The Kier molecular flexibility index (Phi) is 3.20. The fraction of sp³-hybridized carbons (Fsp3) is 0.125. The second-order valence-electron chi connectivity index (χ2n) is 5.17. The largest absolute Gasteiger partial charge is 0.399 e. The van der Waals surface area contributed by atoms with Crippen LogP contribution in [0, 0.1) is 0 Å². The zero-order chi connectivity index (χ0) is 15.1. The van der Waals surface area contributed by atoms with Crippen molar-refractivity contribution < 1.29 is 0 Å². The van der Waals surface area contributed by atoms with Crippen LogP contribution in [0.2, 0.25) is 0 Å². The summed E-state index contributed by atoms with van der Waals surface area (Å²) < 4.78 is 2.29. The number of thiazole rings is 2. The number of fused-ring (bicyclic) bond motifs is 2. The van der Waals surface area contributed by atoms with E-state index >= 15 is 0 Å². The van der Waals surface area contributed by atoms with Crippen molar-refractivity contribution in [3.63, 3.8) is 0 Å². The predicted octanol–water partition coefficient (Wildman–Crippen LogP) is 3.86. The first-order chi connectivity index (χ1) is 10.7. The van der Waals surface area contributed by atoms with E-state index in [1.54, 1.807) is 22.7 Å². The average molecular weight is 326 g/mol. The molecule has 0 aliphatic rings. The second kappa shape index (κ2) is 5.23. The monoisotopic (exact) mass is 326 g/mol. The molecule has 4 rings (SSSR count). The van der Waals surface area contributed by atoms with Gasteiger partial charge in [0.1, 0.15) is 0 Å². The van der Waals surface area contributed by atoms with Gasteiger partial charge in [-0.3, -0.25) is 0 Å². The number of hydrogen-bond donors (Lipinski definition) is 2. The molecule has 0 aliphatic heterocycles. The lowest BCUT2D eigenvalue weighted by Gasteiger charge is -1.91. The Morgan fingerprint density at radius 3 is 1.64 bits per heavy atom. The number of hydrogen-bond acceptors (Lipinski definition) is 6. The van der Waals surface area contributed by atoms with Crippen LogP contribution in [0.3, 0.4) is 0 Å². The van der Waals surface area contributed by atoms with Gasteiger partial charge in [0.2, 0.25) is 0 Å². The third kappa shape index (κ3) is 2.51. The molecule has 110 valence electrons. The van der Waals surface area contributed by atoms with Gasteiger partial charge in [0, 0.05) is 24.2 Å². The number of aromatic nitrogens is 2. The van der Waals surface area contributed by atoms with E-state index in [1.165, 1.54) is 0 Å². The molecule has 0 atom stereocenters. The van der Waals surface area contributed by atoms with Crippen molar-refractivity contribution >= 4 is 54.5 Å². The maximum absolute atomic E-state index is 5.81. The van der Waals surface area contributed by atoms with E-state index in [2.05, 4.69) is 9.97 Å². The first kappa shape index (κ1) is 13.5. The summed E-state index contributed by atoms with van der Waals surface area (Å²) in [4.78, 5) is 9.31. The SMILES string of the molecule is Nc1ccc2nc(CCc3nc4ccc(N)cc4s3)sc2c1. The van der Waals surface area contributed by atoms with Crippen molar-refractivity contribution in [1.29, 1.82) is 0 Å². The molecule has 0 fully saturated rings. The van der Waals surface area contributed by atoms with Crippen molar-refractivity contribution in [3.05, 3.63) is 46.4 Å². The molecule has 6 heteroatoms. The summed E-state index contributed by atoms with van der Waals surface area (Å²) in [5.41, 5.74) is 15.2. The van der Waals surface area contributed by atoms with E-state index in [-0.39, 0.29) is 0 Å². The van der Waals surface area contributed by atoms with Gasteiger partial charge in [-0.1, -0.05) is 0 Å². The highest BCUT2D eigenvalue weighted by Gasteiger charge is 2.08. The van der Waals surface area contributed by atoms with Crippen LogP contribution in [-0.2, 0) is 12.8 Å². The van der Waals surface area contributed by atoms with Crippen LogP contribution >= 0.6 is 22.7 Å². The molecule has 0 amide bonds. The van der Waals surface area contributed by atoms with Gasteiger partial charge in [0.25, 0.3) is 0 Å². The van der Waals surface area contributed by atoms with Crippen LogP contribution in [-0.4, -0.2) is 9.97 Å². The van der Waals surface area contributed by atoms with E-state index in [9.17, 15) is 0 Å². The zero-order valence-electron chi connectivity index (χ0n) is 11.7. The Labute approximate surface area is 135 Å². The molecule has 2 aromatic heterocycles. The lowest BCUT2D eigenvalue weighted by molar-refractivity contribution is 0.939. The first-order valence-electron chi connectivity index (χ1n) is 6.97. The highest BCUT2D eigenvalue weighted by molar-refractivity contribution is 7.19. The fourth-order valence-electron chi connectivity index (χ4n) is 2.41. The average Bonchev–Trinajstić information content (AvgIpc) is 3.07. The third-order valence-corrected chi connectivity index (χ3v) is 5.62. The van der Waals surface area contributed by atoms with Crippen molar-refractivity contribution in [2.75, 3.05) is 11.5 Å². The van der Waals surface area contributed by atoms with Crippen molar-refractivity contribution in [2.45, 2.75) is 12.8 Å². The predicted molar refractivity (Wildman–Crippen MR) is 95.5 cm³/mol. The van der Waals surface area contributed by atoms with Crippen LogP contribution in [0.5, 0.6) is 0 Å². The highest BCUT2D eigenvalue weighted by atomic mass is 32.1. The summed E-state index contributed by atoms with van der Waals surface area (Å²) in [7, 11) is 0. The number of aryl methyl sites for hydroxylation is 2. The summed E-state index contributed by atoms with van der Waals surface area (Å²) >= 11 is 3.41. The maximum atomic E-state index is 5.81. The molecule has 0 unspecified atom stereocenters. The molecule has 4 nitrogen and oxygen atoms in total. The summed E-state index contributed by atoms with van der Waals surface area (Å²) in [5.74, 6) is 0. The lowest BCUT2D eigenvalue weighted by Crippen LogP contribution is -1.89. The summed E-state index contributed by atoms with van der Waals surface area (Å²) in [6.45, 7) is 0. The van der Waals surface area contributed by atoms with E-state index < -0.39 is 0 Å². The van der Waals surface area contributed by atoms with Crippen molar-refractivity contribution in [1.82, 2.24) is 9.97 Å². The molecule has 0 spiro atoms. The molecule has 2 aromatic carbocycles. The van der Waals surface area contributed by atoms with Gasteiger partial charge in [-0.25, -0.2) is 9.97 Å². The third-order valence-electron chi connectivity index (χ3n) is 3.47. The van der Waals surface area contributed by atoms with Gasteiger partial charge >= 0.3 is 0 Å². The van der Waals surface area contributed by atoms with Gasteiger partial charge in [-0.05, 0) is 36.4 Å². The Bertz CT molecular complexity index is 891. The van der Waals surface area contributed by atoms with Gasteiger partial charge in [0.15, 0.2) is 0 Å². The lowest BCUT2D eigenvalue weighted by atomic mass is 10.3. The van der Waals surface area contributed by atoms with Crippen LogP contribution in [0.4, 0.5) is 11.4 Å². The van der Waals surface area contributed by atoms with Gasteiger partial charge in [-0.15, -0.1) is 22.7 Å². The molecule has 0 radical (unpaired) electrons. The first-order valence-corrected chi connectivity index (χ1v) is 8.60. The molecule has 0 bridgehead atoms. The molecule has 22 heavy (non-hydrogen) atoms. The Morgan fingerprint density at radius 2 is 1.18 bits per heavy atom. The minimum absolute atomic E-state index is 0.784. The number of nitrogens with two attached hydrogens (primary N) is 2. The number of anilines is 2. The zero-order valence-corrected chi connectivity index (χ0v) is 13.4. The number of benzene rings is 2. The second-order valence-corrected chi connectivity index (χ2v) is 7.40. The van der Waals surface area contributed by atoms with Gasteiger partial charge in [0.05, 0.1) is 30.4 Å². The van der Waals surface area contributed by atoms with Crippen molar-refractivity contribution in [2.24, 2.45) is 0 Å². The molecule has 2 heterocycles. The molecule has 0 saturated carbocycles. The Morgan fingerprint density at radius 1 is 0.727 bits per heavy atom. The molecule has 0 saturated heterocycles. The summed E-state index contributed by atoms with van der Waals surface area (Å²) in [5, 5.41) is 2.25. The van der Waals surface area contributed by atoms with Gasteiger partial charge in [-0.2, -0.15) is 0 Å². The molecular formula is C16H14N4S2. The highest BCUT2D eigenvalue weighted by Crippen LogP contribution is 2.27. The van der Waals surface area contributed by atoms with E-state index in [0.717, 1.165) is 54.7 Å². The molecule has 0 aliphatic carbocycles. The number of nitrogen functional groups attached to an aromatic ring is 2. The standard InChI is InChI=1S/C16H14N4S2/c17-9-1-3-11-13(7-9)21-15(19-11)5-6-16-20-12-4-2-10(18)8-14(12)22-16/h1-4,7-8H,5-6,17-18H2. The minimum atomic E-state index is 0.784. The normalized spacial score (nSPS) is 11.5. The van der Waals surface area contributed by atoms with E-state index in [0.29, 0.717) is 0 Å². The van der Waals surface area contributed by atoms with Crippen LogP contribution < -0.4 is 11.5 Å². The Hall–Kier alpha value is -2.18. The smallest absolute Gasteiger partial charge is 0.0942 e. The summed E-state index contributed by atoms with van der Waals surface area (Å²) in [6.07, 6.45) is 1.79. The number of rotatable bonds is 3. The molecule has 4 N–H and O–H groups in total. The van der Waals surface area contributed by atoms with Crippen LogP contribution in [0.15, 0.2) is 36.4 Å². The fourth-order valence-corrected chi connectivity index (χ4v) is 4.44. The minimum Gasteiger partial charge on any atom is -0.399 e. The number of nitrogens with zero attached hydrogens (tertiary/aromatic N) is 2. The maximum Gasteiger partial charge on any atom is 0.0942 e. The van der Waals surface area contributed by atoms with Crippen LogP contribution in [0.25, 0.3) is 20.4 Å².